The van der Waals surface area contributed by atoms with Gasteiger partial charge in [0.1, 0.15) is 0 Å². The van der Waals surface area contributed by atoms with Crippen LogP contribution in [0.4, 0.5) is 0 Å². The Kier molecular flexibility index (Phi) is 8.94. The van der Waals surface area contributed by atoms with Crippen molar-refractivity contribution in [2.24, 2.45) is 11.8 Å². The largest absolute Gasteiger partial charge is 0.481 e. The van der Waals surface area contributed by atoms with Crippen LogP contribution in [0.5, 0.6) is 0 Å². The molecule has 0 radical (unpaired) electrons. The van der Waals surface area contributed by atoms with Crippen molar-refractivity contribution in [3.63, 3.8) is 0 Å². The number of carbonyl (C=O) groups excluding carboxylic acids is 1. The van der Waals surface area contributed by atoms with E-state index in [-0.39, 0.29) is 31.1 Å². The fraction of sp³-hybridized carbons (Fsp3) is 0.650. The van der Waals surface area contributed by atoms with E-state index >= 15 is 0 Å². The predicted octanol–water partition coefficient (Wildman–Crippen LogP) is 2.59. The smallest absolute Gasteiger partial charge is 0.303 e. The number of hydrogen-bond acceptors (Lipinski definition) is 4. The first-order valence-corrected chi connectivity index (χ1v) is 10.1. The van der Waals surface area contributed by atoms with E-state index in [0.717, 1.165) is 25.7 Å². The molecule has 0 unspecified atom stereocenters. The van der Waals surface area contributed by atoms with Gasteiger partial charge in [-0.25, -0.2) is 0 Å². The van der Waals surface area contributed by atoms with Crippen LogP contribution in [-0.4, -0.2) is 47.3 Å². The van der Waals surface area contributed by atoms with Crippen LogP contribution in [0, 0.1) is 11.8 Å². The lowest BCUT2D eigenvalue weighted by Gasteiger charge is -2.27. The van der Waals surface area contributed by atoms with E-state index in [0.29, 0.717) is 29.8 Å². The van der Waals surface area contributed by atoms with E-state index in [2.05, 4.69) is 22.8 Å². The van der Waals surface area contributed by atoms with Gasteiger partial charge >= 0.3 is 5.97 Å². The lowest BCUT2D eigenvalue weighted by Crippen LogP contribution is -2.41. The summed E-state index contributed by atoms with van der Waals surface area (Å²) < 4.78 is 6.06. The van der Waals surface area contributed by atoms with Gasteiger partial charge in [-0.15, -0.1) is 0 Å². The normalized spacial score (nSPS) is 26.7. The van der Waals surface area contributed by atoms with Crippen molar-refractivity contribution in [1.82, 2.24) is 10.6 Å². The molecule has 2 saturated heterocycles. The summed E-state index contributed by atoms with van der Waals surface area (Å²) in [7, 11) is 0. The van der Waals surface area contributed by atoms with Crippen molar-refractivity contribution in [3.05, 3.63) is 24.3 Å². The number of hydrogen-bond donors (Lipinski definition) is 3. The Morgan fingerprint density at radius 3 is 2.63 bits per heavy atom. The van der Waals surface area contributed by atoms with Gasteiger partial charge < -0.3 is 20.5 Å². The van der Waals surface area contributed by atoms with Crippen molar-refractivity contribution in [2.45, 2.75) is 57.7 Å². The third-order valence-corrected chi connectivity index (χ3v) is 5.48. The molecular formula is C20H30N2O4S. The van der Waals surface area contributed by atoms with Crippen LogP contribution in [-0.2, 0) is 14.3 Å². The van der Waals surface area contributed by atoms with Gasteiger partial charge in [-0.1, -0.05) is 30.4 Å². The summed E-state index contributed by atoms with van der Waals surface area (Å²) in [6.45, 7) is 2.68. The molecule has 27 heavy (non-hydrogen) atoms. The molecule has 2 bridgehead atoms. The van der Waals surface area contributed by atoms with Crippen molar-refractivity contribution in [2.75, 3.05) is 13.1 Å². The Bertz CT molecular complexity index is 591. The van der Waals surface area contributed by atoms with E-state index in [9.17, 15) is 9.59 Å². The topological polar surface area (TPSA) is 87.7 Å². The highest BCUT2D eigenvalue weighted by molar-refractivity contribution is 7.80. The quantitative estimate of drug-likeness (QED) is 0.216. The molecule has 0 spiro atoms. The molecule has 0 aromatic carbocycles. The summed E-state index contributed by atoms with van der Waals surface area (Å²) in [6.07, 6.45) is 13.0. The van der Waals surface area contributed by atoms with Gasteiger partial charge in [0.05, 0.1) is 23.7 Å². The summed E-state index contributed by atoms with van der Waals surface area (Å²) in [4.78, 5) is 23.1. The van der Waals surface area contributed by atoms with Crippen LogP contribution >= 0.6 is 12.2 Å². The van der Waals surface area contributed by atoms with Crippen LogP contribution in [0.25, 0.3) is 0 Å². The molecule has 150 valence electrons. The van der Waals surface area contributed by atoms with Crippen LogP contribution in [0.1, 0.15) is 45.4 Å². The third kappa shape index (κ3) is 7.07. The number of rotatable bonds is 11. The van der Waals surface area contributed by atoms with Gasteiger partial charge in [-0.3, -0.25) is 9.59 Å². The molecule has 1 amide bonds. The average molecular weight is 395 g/mol. The Labute approximate surface area is 166 Å². The maximum absolute atomic E-state index is 12.0. The molecule has 0 saturated carbocycles. The molecule has 6 nitrogen and oxygen atoms in total. The number of amides is 1. The number of fused-ring (bicyclic) bond motifs is 2. The van der Waals surface area contributed by atoms with Gasteiger partial charge in [0.2, 0.25) is 5.91 Å². The monoisotopic (exact) mass is 394 g/mol. The summed E-state index contributed by atoms with van der Waals surface area (Å²) in [5.41, 5.74) is 0. The minimum Gasteiger partial charge on any atom is -0.481 e. The highest BCUT2D eigenvalue weighted by atomic mass is 32.1. The maximum Gasteiger partial charge on any atom is 0.303 e. The molecule has 0 aromatic heterocycles. The minimum absolute atomic E-state index is 0.0624. The second-order valence-corrected chi connectivity index (χ2v) is 7.57. The molecule has 2 heterocycles. The SMILES string of the molecule is CC=CC(=S)NCC(=O)NC[C@H]1[C@@H](CC=CCCCC(=O)O)[C@H]2CC[C@@H]1O2. The summed E-state index contributed by atoms with van der Waals surface area (Å²) in [5, 5.41) is 14.6. The standard InChI is InChI=1S/C20H30N2O4S/c1-2-7-19(27)22-13-18(23)21-12-15-14(16-10-11-17(15)26-16)8-5-3-4-6-9-20(24)25/h2-3,5,7,14-17H,4,6,8-13H2,1H3,(H,21,23)(H,22,27)(H,24,25)/t14-,15+,16-,17+/m1/s1. The summed E-state index contributed by atoms with van der Waals surface area (Å²) in [6, 6.07) is 0. The summed E-state index contributed by atoms with van der Waals surface area (Å²) >= 11 is 5.08. The van der Waals surface area contributed by atoms with Gasteiger partial charge in [-0.2, -0.15) is 0 Å². The number of carboxylic acid groups (broad SMARTS) is 1. The average Bonchev–Trinajstić information content (AvgIpc) is 3.22. The zero-order chi connectivity index (χ0) is 19.6. The Hall–Kier alpha value is -1.73. The van der Waals surface area contributed by atoms with E-state index in [1.807, 2.05) is 13.0 Å². The number of thiocarbonyl (C=S) groups is 1. The Balaban J connectivity index is 1.73. The number of carboxylic acids is 1. The van der Waals surface area contributed by atoms with E-state index in [1.54, 1.807) is 6.08 Å². The fourth-order valence-corrected chi connectivity index (χ4v) is 4.10. The van der Waals surface area contributed by atoms with Gasteiger partial charge in [0, 0.05) is 18.9 Å². The number of aliphatic carboxylic acids is 1. The number of carbonyl (C=O) groups is 2. The number of nitrogens with one attached hydrogen (secondary N) is 2. The molecular weight excluding hydrogens is 364 g/mol. The second-order valence-electron chi connectivity index (χ2n) is 7.13. The molecule has 2 aliphatic heterocycles. The van der Waals surface area contributed by atoms with Crippen LogP contribution < -0.4 is 10.6 Å². The molecule has 2 rings (SSSR count). The lowest BCUT2D eigenvalue weighted by molar-refractivity contribution is -0.137. The van der Waals surface area contributed by atoms with E-state index < -0.39 is 5.97 Å². The van der Waals surface area contributed by atoms with Crippen molar-refractivity contribution >= 4 is 29.1 Å². The predicted molar refractivity (Wildman–Crippen MR) is 109 cm³/mol. The van der Waals surface area contributed by atoms with E-state index in [4.69, 9.17) is 22.1 Å². The van der Waals surface area contributed by atoms with Crippen LogP contribution in [0.2, 0.25) is 0 Å². The first-order chi connectivity index (χ1) is 13.0. The second kappa shape index (κ2) is 11.2. The Morgan fingerprint density at radius 1 is 1.19 bits per heavy atom. The van der Waals surface area contributed by atoms with Crippen LogP contribution in [0.3, 0.4) is 0 Å². The highest BCUT2D eigenvalue weighted by Gasteiger charge is 2.47. The number of unbranched alkanes of at least 4 members (excludes halogenated alkanes) is 1. The third-order valence-electron chi connectivity index (χ3n) is 5.20. The molecule has 3 N–H and O–H groups in total. The van der Waals surface area contributed by atoms with Gasteiger partial charge in [0.25, 0.3) is 0 Å². The van der Waals surface area contributed by atoms with E-state index in [1.165, 1.54) is 0 Å². The van der Waals surface area contributed by atoms with Crippen LogP contribution in [0.15, 0.2) is 24.3 Å². The first kappa shape index (κ1) is 21.6. The molecule has 4 atom stereocenters. The number of ether oxygens (including phenoxy) is 1. The first-order valence-electron chi connectivity index (χ1n) is 9.70. The van der Waals surface area contributed by atoms with Crippen molar-refractivity contribution in [3.8, 4) is 0 Å². The molecule has 2 aliphatic rings. The van der Waals surface area contributed by atoms with Gasteiger partial charge in [-0.05, 0) is 51.0 Å². The molecule has 0 aromatic rings. The fourth-order valence-electron chi connectivity index (χ4n) is 3.89. The summed E-state index contributed by atoms with van der Waals surface area (Å²) in [5.74, 6) is -0.0649. The molecule has 0 aliphatic carbocycles. The maximum atomic E-state index is 12.0. The molecule has 2 fully saturated rings. The minimum atomic E-state index is -0.748. The Morgan fingerprint density at radius 2 is 1.93 bits per heavy atom. The number of allylic oxidation sites excluding steroid dienone is 3. The zero-order valence-corrected chi connectivity index (χ0v) is 16.7. The van der Waals surface area contributed by atoms with Crippen molar-refractivity contribution < 1.29 is 19.4 Å². The zero-order valence-electron chi connectivity index (χ0n) is 15.9. The van der Waals surface area contributed by atoms with Crippen molar-refractivity contribution in [1.29, 1.82) is 0 Å². The lowest BCUT2D eigenvalue weighted by atomic mass is 9.77. The van der Waals surface area contributed by atoms with Gasteiger partial charge in [0.15, 0.2) is 0 Å². The highest BCUT2D eigenvalue weighted by Crippen LogP contribution is 2.44. The molecule has 7 heteroatoms.